The van der Waals surface area contributed by atoms with Crippen LogP contribution in [0.3, 0.4) is 0 Å². The molecule has 1 saturated heterocycles. The summed E-state index contributed by atoms with van der Waals surface area (Å²) in [5.41, 5.74) is 0.875. The molecule has 1 aliphatic rings. The first-order chi connectivity index (χ1) is 30.1. The van der Waals surface area contributed by atoms with Gasteiger partial charge in [-0.2, -0.15) is 0 Å². The summed E-state index contributed by atoms with van der Waals surface area (Å²) < 4.78 is 17.8. The number of likely N-dealkylation sites (tertiary alicyclic amines) is 1. The van der Waals surface area contributed by atoms with Crippen LogP contribution >= 0.6 is 0 Å². The Morgan fingerprint density at radius 2 is 1.48 bits per heavy atom. The molecule has 1 fully saturated rings. The van der Waals surface area contributed by atoms with Gasteiger partial charge in [-0.15, -0.1) is 0 Å². The summed E-state index contributed by atoms with van der Waals surface area (Å²) >= 11 is 0. The van der Waals surface area contributed by atoms with Crippen LogP contribution in [0.1, 0.15) is 113 Å². The number of carbonyl (C=O) groups is 6. The zero-order valence-corrected chi connectivity index (χ0v) is 41.7. The first-order valence-corrected chi connectivity index (χ1v) is 23.7. The van der Waals surface area contributed by atoms with E-state index in [1.165, 1.54) is 0 Å². The van der Waals surface area contributed by atoms with E-state index in [9.17, 15) is 33.9 Å². The Bertz CT molecular complexity index is 1620. The molecule has 2 amide bonds. The summed E-state index contributed by atoms with van der Waals surface area (Å²) in [6.07, 6.45) is 1.09. The van der Waals surface area contributed by atoms with Crippen molar-refractivity contribution in [1.82, 2.24) is 19.6 Å². The highest BCUT2D eigenvalue weighted by molar-refractivity contribution is 5.90. The molecule has 0 bridgehead atoms. The smallest absolute Gasteiger partial charge is 0.317 e. The van der Waals surface area contributed by atoms with Crippen molar-refractivity contribution in [3.05, 3.63) is 35.9 Å². The van der Waals surface area contributed by atoms with Crippen LogP contribution in [0.2, 0.25) is 0 Å². The first kappa shape index (κ1) is 56.4. The molecule has 0 saturated carbocycles. The summed E-state index contributed by atoms with van der Waals surface area (Å²) in [5, 5.41) is 9.21. The Balaban J connectivity index is 2.31. The molecule has 2 rings (SSSR count). The van der Waals surface area contributed by atoms with E-state index in [-0.39, 0.29) is 98.6 Å². The highest BCUT2D eigenvalue weighted by Gasteiger charge is 2.44. The van der Waals surface area contributed by atoms with Crippen molar-refractivity contribution in [2.24, 2.45) is 35.5 Å². The van der Waals surface area contributed by atoms with Crippen LogP contribution in [-0.4, -0.2) is 158 Å². The number of carbonyl (C=O) groups excluding carboxylic acids is 5. The lowest BCUT2D eigenvalue weighted by Crippen LogP contribution is -2.54. The lowest BCUT2D eigenvalue weighted by Gasteiger charge is -2.41. The van der Waals surface area contributed by atoms with Gasteiger partial charge in [-0.3, -0.25) is 38.6 Å². The van der Waals surface area contributed by atoms with Gasteiger partial charge in [0.15, 0.2) is 5.78 Å². The zero-order chi connectivity index (χ0) is 48.4. The quantitative estimate of drug-likeness (QED) is 0.0863. The average Bonchev–Trinajstić information content (AvgIpc) is 3.74. The summed E-state index contributed by atoms with van der Waals surface area (Å²) in [5.74, 6) is -3.99. The van der Waals surface area contributed by atoms with Crippen LogP contribution in [-0.2, 0) is 49.4 Å². The van der Waals surface area contributed by atoms with Crippen LogP contribution in [0.25, 0.3) is 0 Å². The number of likely N-dealkylation sites (N-methyl/N-ethyl adjacent to an activating group) is 3. The lowest BCUT2D eigenvalue weighted by atomic mass is 9.83. The predicted octanol–water partition coefficient (Wildman–Crippen LogP) is 6.27. The molecule has 64 heavy (non-hydrogen) atoms. The number of carboxylic acids is 1. The summed E-state index contributed by atoms with van der Waals surface area (Å²) in [6.45, 7) is 20.9. The summed E-state index contributed by atoms with van der Waals surface area (Å²) in [6, 6.07) is 8.40. The van der Waals surface area contributed by atoms with Crippen molar-refractivity contribution in [3.8, 4) is 0 Å². The van der Waals surface area contributed by atoms with Gasteiger partial charge in [-0.1, -0.05) is 92.1 Å². The van der Waals surface area contributed by atoms with E-state index in [1.807, 2.05) is 78.9 Å². The average molecular weight is 901 g/mol. The number of methoxy groups -OCH3 is 2. The number of esters is 1. The van der Waals surface area contributed by atoms with Gasteiger partial charge < -0.3 is 29.1 Å². The van der Waals surface area contributed by atoms with Gasteiger partial charge in [0.2, 0.25) is 11.8 Å². The van der Waals surface area contributed by atoms with Gasteiger partial charge in [0.05, 0.1) is 49.2 Å². The maximum Gasteiger partial charge on any atom is 0.317 e. The second-order valence-electron chi connectivity index (χ2n) is 19.0. The Kier molecular flexibility index (Phi) is 24.4. The van der Waals surface area contributed by atoms with Crippen LogP contribution in [0.4, 0.5) is 0 Å². The van der Waals surface area contributed by atoms with E-state index >= 15 is 0 Å². The zero-order valence-electron chi connectivity index (χ0n) is 41.7. The third-order valence-corrected chi connectivity index (χ3v) is 13.7. The van der Waals surface area contributed by atoms with E-state index in [2.05, 4.69) is 25.7 Å². The van der Waals surface area contributed by atoms with Crippen molar-refractivity contribution in [3.63, 3.8) is 0 Å². The van der Waals surface area contributed by atoms with Crippen molar-refractivity contribution < 1.29 is 48.1 Å². The second-order valence-corrected chi connectivity index (χ2v) is 19.0. The normalized spacial score (nSPS) is 18.2. The minimum absolute atomic E-state index is 0.00514. The fourth-order valence-electron chi connectivity index (χ4n) is 9.44. The number of benzene rings is 1. The molecule has 1 N–H and O–H groups in total. The summed E-state index contributed by atoms with van der Waals surface area (Å²) in [4.78, 5) is 89.1. The fraction of sp³-hybridized carbons (Fsp3) is 0.760. The third kappa shape index (κ3) is 16.3. The first-order valence-electron chi connectivity index (χ1n) is 23.7. The van der Waals surface area contributed by atoms with E-state index in [0.717, 1.165) is 18.4 Å². The molecule has 1 aliphatic heterocycles. The SMILES string of the molecule is CC[C@H](C)[C@@H]([C@@H](CC(=O)N1CCC[C@H]1[C@H](OC)[C@@H](C)C(=O)C[C@@H](Cc1ccccc1)C(=O)OCCN(CC)CC(=O)O)OC)N(C)C(=O)[C@@H](CC(=O)[C@H](C(C)C)N(C)C(C)C)C(C)C. The number of Topliss-reactive ketones (excluding diaryl/α,β-unsaturated/α-hetero) is 2. The minimum Gasteiger partial charge on any atom is -0.480 e. The number of hydrogen-bond donors (Lipinski definition) is 1. The summed E-state index contributed by atoms with van der Waals surface area (Å²) in [7, 11) is 6.83. The van der Waals surface area contributed by atoms with Crippen molar-refractivity contribution in [1.29, 1.82) is 0 Å². The standard InChI is InChI=1S/C50H84N4O10/c1-15-35(9)47(52(12)49(60)39(32(3)4)29-42(56)46(33(5)6)51(11)34(7)8)43(62-13)30-44(57)54-24-20-23-40(54)48(63-14)36(10)41(55)28-38(27-37-21-18-17-19-22-37)50(61)64-26-25-53(16-2)31-45(58)59/h17-19,21-22,32-36,38-40,43,46-48H,15-16,20,23-31H2,1-14H3,(H,58,59)/t35-,36-,38+,39-,40-,43+,46-,47-,48+/m0/s1. The number of aliphatic carboxylic acids is 1. The Labute approximate surface area is 385 Å². The molecule has 0 radical (unpaired) electrons. The number of ketones is 2. The lowest BCUT2D eigenvalue weighted by molar-refractivity contribution is -0.152. The molecule has 0 unspecified atom stereocenters. The molecule has 0 aliphatic carbocycles. The molecular formula is C50H84N4O10. The molecule has 1 aromatic rings. The van der Waals surface area contributed by atoms with Crippen molar-refractivity contribution >= 4 is 35.3 Å². The molecule has 14 nitrogen and oxygen atoms in total. The molecule has 0 spiro atoms. The van der Waals surface area contributed by atoms with Crippen LogP contribution in [0.15, 0.2) is 30.3 Å². The van der Waals surface area contributed by atoms with Gasteiger partial charge in [-0.25, -0.2) is 0 Å². The number of carboxylic acid groups (broad SMARTS) is 1. The molecule has 14 heteroatoms. The topological polar surface area (TPSA) is 163 Å². The Morgan fingerprint density at radius 1 is 0.844 bits per heavy atom. The number of hydrogen-bond acceptors (Lipinski definition) is 11. The van der Waals surface area contributed by atoms with Crippen LogP contribution < -0.4 is 0 Å². The van der Waals surface area contributed by atoms with Gasteiger partial charge in [0, 0.05) is 65.1 Å². The van der Waals surface area contributed by atoms with Gasteiger partial charge in [0.1, 0.15) is 12.4 Å². The van der Waals surface area contributed by atoms with E-state index < -0.39 is 54.0 Å². The van der Waals surface area contributed by atoms with Gasteiger partial charge in [0.25, 0.3) is 0 Å². The Morgan fingerprint density at radius 3 is 2.00 bits per heavy atom. The molecule has 0 aromatic heterocycles. The van der Waals surface area contributed by atoms with Crippen LogP contribution in [0.5, 0.6) is 0 Å². The highest BCUT2D eigenvalue weighted by atomic mass is 16.5. The van der Waals surface area contributed by atoms with E-state index in [1.54, 1.807) is 42.9 Å². The number of ether oxygens (including phenoxy) is 3. The Hall–Kier alpha value is -3.72. The third-order valence-electron chi connectivity index (χ3n) is 13.7. The van der Waals surface area contributed by atoms with E-state index in [0.29, 0.717) is 19.5 Å². The fourth-order valence-corrected chi connectivity index (χ4v) is 9.44. The van der Waals surface area contributed by atoms with Crippen LogP contribution in [0, 0.1) is 35.5 Å². The highest BCUT2D eigenvalue weighted by Crippen LogP contribution is 2.32. The molecule has 1 aromatic carbocycles. The minimum atomic E-state index is -0.968. The van der Waals surface area contributed by atoms with Crippen molar-refractivity contribution in [2.45, 2.75) is 151 Å². The molecular weight excluding hydrogens is 817 g/mol. The second kappa shape index (κ2) is 27.7. The number of amides is 2. The predicted molar refractivity (Wildman–Crippen MR) is 250 cm³/mol. The number of nitrogens with zero attached hydrogens (tertiary/aromatic N) is 4. The number of rotatable bonds is 30. The van der Waals surface area contributed by atoms with Crippen molar-refractivity contribution in [2.75, 3.05) is 61.1 Å². The molecule has 1 heterocycles. The van der Waals surface area contributed by atoms with Gasteiger partial charge in [-0.05, 0) is 70.0 Å². The largest absolute Gasteiger partial charge is 0.480 e. The maximum atomic E-state index is 14.5. The molecule has 364 valence electrons. The molecule has 9 atom stereocenters. The van der Waals surface area contributed by atoms with E-state index in [4.69, 9.17) is 14.2 Å². The van der Waals surface area contributed by atoms with Gasteiger partial charge >= 0.3 is 11.9 Å². The monoisotopic (exact) mass is 901 g/mol. The maximum absolute atomic E-state index is 14.5.